The van der Waals surface area contributed by atoms with Crippen LogP contribution in [-0.2, 0) is 0 Å². The van der Waals surface area contributed by atoms with E-state index in [0.717, 1.165) is 11.1 Å². The van der Waals surface area contributed by atoms with Crippen LogP contribution in [0.15, 0.2) is 40.9 Å². The zero-order valence-corrected chi connectivity index (χ0v) is 10.8. The first kappa shape index (κ1) is 11.3. The lowest BCUT2D eigenvalue weighted by Crippen LogP contribution is -1.87. The molecule has 2 aromatic rings. The molecule has 82 valence electrons. The van der Waals surface area contributed by atoms with Crippen LogP contribution < -0.4 is 0 Å². The second kappa shape index (κ2) is 4.38. The number of aryl methyl sites for hydroxylation is 2. The maximum atomic E-state index is 13.4. The number of rotatable bonds is 1. The van der Waals surface area contributed by atoms with Gasteiger partial charge in [-0.15, -0.1) is 0 Å². The molecule has 0 aliphatic heterocycles. The number of hydrogen-bond acceptors (Lipinski definition) is 0. The van der Waals surface area contributed by atoms with Gasteiger partial charge in [-0.05, 0) is 58.6 Å². The average molecular weight is 279 g/mol. The van der Waals surface area contributed by atoms with Gasteiger partial charge in [-0.3, -0.25) is 0 Å². The van der Waals surface area contributed by atoms with Crippen LogP contribution in [0.2, 0.25) is 0 Å². The molecule has 0 heterocycles. The van der Waals surface area contributed by atoms with Crippen molar-refractivity contribution in [2.24, 2.45) is 0 Å². The highest BCUT2D eigenvalue weighted by atomic mass is 79.9. The molecule has 0 aliphatic rings. The molecule has 2 rings (SSSR count). The van der Waals surface area contributed by atoms with Gasteiger partial charge in [-0.1, -0.05) is 29.8 Å². The van der Waals surface area contributed by atoms with Crippen molar-refractivity contribution in [3.8, 4) is 11.1 Å². The van der Waals surface area contributed by atoms with Crippen molar-refractivity contribution in [1.29, 1.82) is 0 Å². The van der Waals surface area contributed by atoms with Gasteiger partial charge in [0.2, 0.25) is 0 Å². The fourth-order valence-corrected chi connectivity index (χ4v) is 2.20. The highest BCUT2D eigenvalue weighted by molar-refractivity contribution is 9.10. The number of hydrogen-bond donors (Lipinski definition) is 0. The van der Waals surface area contributed by atoms with Crippen LogP contribution in [-0.4, -0.2) is 0 Å². The van der Waals surface area contributed by atoms with Crippen molar-refractivity contribution in [1.82, 2.24) is 0 Å². The van der Waals surface area contributed by atoms with Crippen molar-refractivity contribution in [2.75, 3.05) is 0 Å². The highest BCUT2D eigenvalue weighted by Crippen LogP contribution is 2.27. The van der Waals surface area contributed by atoms with E-state index < -0.39 is 0 Å². The van der Waals surface area contributed by atoms with Crippen molar-refractivity contribution >= 4 is 15.9 Å². The molecule has 0 nitrogen and oxygen atoms in total. The van der Waals surface area contributed by atoms with Crippen molar-refractivity contribution < 1.29 is 4.39 Å². The minimum absolute atomic E-state index is 0.184. The second-order valence-corrected chi connectivity index (χ2v) is 4.81. The monoisotopic (exact) mass is 278 g/mol. The van der Waals surface area contributed by atoms with Gasteiger partial charge >= 0.3 is 0 Å². The molecule has 0 atom stereocenters. The quantitative estimate of drug-likeness (QED) is 0.698. The average Bonchev–Trinajstić information content (AvgIpc) is 2.26. The summed E-state index contributed by atoms with van der Waals surface area (Å²) in [6.07, 6.45) is 0. The van der Waals surface area contributed by atoms with Gasteiger partial charge in [0.25, 0.3) is 0 Å². The summed E-state index contributed by atoms with van der Waals surface area (Å²) in [5.74, 6) is -0.184. The van der Waals surface area contributed by atoms with Crippen LogP contribution in [0.3, 0.4) is 0 Å². The first-order chi connectivity index (χ1) is 7.58. The van der Waals surface area contributed by atoms with Gasteiger partial charge in [-0.2, -0.15) is 0 Å². The summed E-state index contributed by atoms with van der Waals surface area (Å²) in [6, 6.07) is 11.9. The molecule has 0 aromatic heterocycles. The molecule has 0 saturated carbocycles. The SMILES string of the molecule is Cc1ccc(-c2cc(C)c(F)c(Br)c2)cc1. The largest absolute Gasteiger partial charge is 0.205 e. The summed E-state index contributed by atoms with van der Waals surface area (Å²) >= 11 is 3.23. The molecule has 0 spiro atoms. The normalized spacial score (nSPS) is 10.5. The van der Waals surface area contributed by atoms with E-state index in [9.17, 15) is 4.39 Å². The highest BCUT2D eigenvalue weighted by Gasteiger charge is 2.06. The Morgan fingerprint density at radius 3 is 2.12 bits per heavy atom. The van der Waals surface area contributed by atoms with E-state index in [-0.39, 0.29) is 5.82 Å². The molecule has 0 fully saturated rings. The van der Waals surface area contributed by atoms with Gasteiger partial charge in [0.15, 0.2) is 0 Å². The van der Waals surface area contributed by atoms with Crippen LogP contribution in [0.1, 0.15) is 11.1 Å². The lowest BCUT2D eigenvalue weighted by Gasteiger charge is -2.06. The molecule has 0 saturated heterocycles. The zero-order chi connectivity index (χ0) is 11.7. The topological polar surface area (TPSA) is 0 Å². The molecule has 0 unspecified atom stereocenters. The van der Waals surface area contributed by atoms with Gasteiger partial charge in [0.1, 0.15) is 5.82 Å². The molecule has 16 heavy (non-hydrogen) atoms. The van der Waals surface area contributed by atoms with Gasteiger partial charge in [0, 0.05) is 0 Å². The third-order valence-electron chi connectivity index (χ3n) is 2.60. The Morgan fingerprint density at radius 1 is 0.938 bits per heavy atom. The molecule has 0 N–H and O–H groups in total. The van der Waals surface area contributed by atoms with Crippen molar-refractivity contribution in [3.05, 3.63) is 57.8 Å². The maximum absolute atomic E-state index is 13.4. The van der Waals surface area contributed by atoms with Crippen LogP contribution >= 0.6 is 15.9 Å². The van der Waals surface area contributed by atoms with E-state index in [0.29, 0.717) is 10.0 Å². The van der Waals surface area contributed by atoms with Crippen LogP contribution in [0.4, 0.5) is 4.39 Å². The predicted molar refractivity (Wildman–Crippen MR) is 69.0 cm³/mol. The molecular formula is C14H12BrF. The Morgan fingerprint density at radius 2 is 1.56 bits per heavy atom. The van der Waals surface area contributed by atoms with Crippen molar-refractivity contribution in [2.45, 2.75) is 13.8 Å². The molecule has 0 radical (unpaired) electrons. The number of halogens is 2. The third kappa shape index (κ3) is 2.17. The number of benzene rings is 2. The van der Waals surface area contributed by atoms with Gasteiger partial charge in [0.05, 0.1) is 4.47 Å². The molecule has 0 bridgehead atoms. The first-order valence-corrected chi connectivity index (χ1v) is 5.90. The molecule has 0 aliphatic carbocycles. The maximum Gasteiger partial charge on any atom is 0.140 e. The lowest BCUT2D eigenvalue weighted by atomic mass is 10.0. The Hall–Kier alpha value is -1.15. The van der Waals surface area contributed by atoms with E-state index in [2.05, 4.69) is 47.1 Å². The Bertz CT molecular complexity index is 492. The van der Waals surface area contributed by atoms with E-state index in [1.54, 1.807) is 6.92 Å². The summed E-state index contributed by atoms with van der Waals surface area (Å²) in [7, 11) is 0. The summed E-state index contributed by atoms with van der Waals surface area (Å²) < 4.78 is 14.0. The Labute approximate surface area is 103 Å². The summed E-state index contributed by atoms with van der Waals surface area (Å²) in [6.45, 7) is 3.83. The summed E-state index contributed by atoms with van der Waals surface area (Å²) in [4.78, 5) is 0. The van der Waals surface area contributed by atoms with Gasteiger partial charge in [-0.25, -0.2) is 4.39 Å². The first-order valence-electron chi connectivity index (χ1n) is 5.10. The fourth-order valence-electron chi connectivity index (χ4n) is 1.64. The van der Waals surface area contributed by atoms with E-state index >= 15 is 0 Å². The van der Waals surface area contributed by atoms with E-state index in [1.807, 2.05) is 12.1 Å². The van der Waals surface area contributed by atoms with E-state index in [1.165, 1.54) is 5.56 Å². The third-order valence-corrected chi connectivity index (χ3v) is 3.17. The second-order valence-electron chi connectivity index (χ2n) is 3.95. The minimum Gasteiger partial charge on any atom is -0.205 e. The van der Waals surface area contributed by atoms with Crippen molar-refractivity contribution in [3.63, 3.8) is 0 Å². The standard InChI is InChI=1S/C14H12BrF/c1-9-3-5-11(6-4-9)12-7-10(2)14(16)13(15)8-12/h3-8H,1-2H3. The van der Waals surface area contributed by atoms with Crippen LogP contribution in [0.5, 0.6) is 0 Å². The summed E-state index contributed by atoms with van der Waals surface area (Å²) in [5, 5.41) is 0. The minimum atomic E-state index is -0.184. The zero-order valence-electron chi connectivity index (χ0n) is 9.22. The molecule has 2 heteroatoms. The Balaban J connectivity index is 2.52. The fraction of sp³-hybridized carbons (Fsp3) is 0.143. The van der Waals surface area contributed by atoms with E-state index in [4.69, 9.17) is 0 Å². The lowest BCUT2D eigenvalue weighted by molar-refractivity contribution is 0.612. The van der Waals surface area contributed by atoms with Crippen LogP contribution in [0, 0.1) is 19.7 Å². The molecule has 0 amide bonds. The van der Waals surface area contributed by atoms with Crippen LogP contribution in [0.25, 0.3) is 11.1 Å². The molecular weight excluding hydrogens is 267 g/mol. The van der Waals surface area contributed by atoms with Gasteiger partial charge < -0.3 is 0 Å². The molecule has 2 aromatic carbocycles. The summed E-state index contributed by atoms with van der Waals surface area (Å²) in [5.41, 5.74) is 4.02. The predicted octanol–water partition coefficient (Wildman–Crippen LogP) is 4.87. The smallest absolute Gasteiger partial charge is 0.140 e. The Kier molecular flexibility index (Phi) is 3.10.